The molecule has 0 bridgehead atoms. The maximum absolute atomic E-state index is 12.2. The molecule has 0 radical (unpaired) electrons. The Morgan fingerprint density at radius 3 is 2.71 bits per heavy atom. The zero-order valence-corrected chi connectivity index (χ0v) is 15.3. The van der Waals surface area contributed by atoms with Crippen molar-refractivity contribution in [1.82, 2.24) is 19.7 Å². The Balaban J connectivity index is 1.92. The summed E-state index contributed by atoms with van der Waals surface area (Å²) in [5, 5.41) is 5.36. The van der Waals surface area contributed by atoms with Gasteiger partial charge in [0.15, 0.2) is 5.82 Å². The zero-order valence-electron chi connectivity index (χ0n) is 14.6. The zero-order chi connectivity index (χ0) is 17.5. The van der Waals surface area contributed by atoms with Gasteiger partial charge in [-0.25, -0.2) is 9.67 Å². The number of benzene rings is 1. The number of rotatable bonds is 4. The molecule has 0 aliphatic carbocycles. The van der Waals surface area contributed by atoms with Gasteiger partial charge in [-0.2, -0.15) is 5.10 Å². The highest BCUT2D eigenvalue weighted by atomic mass is 35.5. The number of halogens is 1. The van der Waals surface area contributed by atoms with Gasteiger partial charge < -0.3 is 4.90 Å². The Hall–Kier alpha value is -1.88. The third-order valence-electron chi connectivity index (χ3n) is 5.08. The molecule has 1 atom stereocenters. The summed E-state index contributed by atoms with van der Waals surface area (Å²) in [5.74, 6) is 1.88. The van der Waals surface area contributed by atoms with Gasteiger partial charge in [0.2, 0.25) is 5.91 Å². The first-order valence-electron chi connectivity index (χ1n) is 8.27. The van der Waals surface area contributed by atoms with Crippen LogP contribution in [0.5, 0.6) is 0 Å². The van der Waals surface area contributed by atoms with Crippen molar-refractivity contribution in [2.45, 2.75) is 51.6 Å². The van der Waals surface area contributed by atoms with Crippen LogP contribution in [0.2, 0.25) is 5.02 Å². The molecule has 0 N–H and O–H groups in total. The van der Waals surface area contributed by atoms with Crippen LogP contribution in [0.4, 0.5) is 0 Å². The first-order chi connectivity index (χ1) is 11.3. The van der Waals surface area contributed by atoms with Crippen LogP contribution in [0.15, 0.2) is 24.3 Å². The lowest BCUT2D eigenvalue weighted by atomic mass is 9.88. The van der Waals surface area contributed by atoms with E-state index in [-0.39, 0.29) is 17.4 Å². The van der Waals surface area contributed by atoms with Crippen molar-refractivity contribution in [3.63, 3.8) is 0 Å². The Labute approximate surface area is 147 Å². The van der Waals surface area contributed by atoms with Crippen molar-refractivity contribution in [2.24, 2.45) is 0 Å². The Kier molecular flexibility index (Phi) is 4.38. The topological polar surface area (TPSA) is 51.0 Å². The van der Waals surface area contributed by atoms with Crippen LogP contribution in [0.3, 0.4) is 0 Å². The van der Waals surface area contributed by atoms with Crippen molar-refractivity contribution in [3.8, 4) is 0 Å². The quantitative estimate of drug-likeness (QED) is 0.853. The summed E-state index contributed by atoms with van der Waals surface area (Å²) in [6.45, 7) is 6.97. The summed E-state index contributed by atoms with van der Waals surface area (Å²) in [6.07, 6.45) is 1.12. The summed E-state index contributed by atoms with van der Waals surface area (Å²) in [4.78, 5) is 18.8. The first-order valence-corrected chi connectivity index (χ1v) is 8.65. The van der Waals surface area contributed by atoms with Gasteiger partial charge in [0.05, 0.1) is 5.92 Å². The third-order valence-corrected chi connectivity index (χ3v) is 5.31. The molecule has 1 aromatic heterocycles. The minimum absolute atomic E-state index is 0.0514. The molecule has 2 aromatic rings. The monoisotopic (exact) mass is 346 g/mol. The molecule has 24 heavy (non-hydrogen) atoms. The molecule has 3 rings (SSSR count). The van der Waals surface area contributed by atoms with Gasteiger partial charge >= 0.3 is 0 Å². The molecule has 1 aromatic carbocycles. The highest BCUT2D eigenvalue weighted by Gasteiger charge is 2.47. The summed E-state index contributed by atoms with van der Waals surface area (Å²) in [7, 11) is 1.86. The SMILES string of the molecule is CCn1nc(Cc2cccc(Cl)c2)nc1[C@H]1CC(=O)N(C)C1(C)C. The number of carbonyl (C=O) groups excluding carboxylic acids is 1. The lowest BCUT2D eigenvalue weighted by Gasteiger charge is -2.32. The van der Waals surface area contributed by atoms with Crippen LogP contribution in [-0.4, -0.2) is 38.2 Å². The number of amides is 1. The van der Waals surface area contributed by atoms with Gasteiger partial charge in [-0.15, -0.1) is 0 Å². The summed E-state index contributed by atoms with van der Waals surface area (Å²) >= 11 is 6.06. The molecule has 128 valence electrons. The van der Waals surface area contributed by atoms with E-state index in [0.29, 0.717) is 17.9 Å². The third kappa shape index (κ3) is 2.93. The normalized spacial score (nSPS) is 20.0. The average molecular weight is 347 g/mol. The van der Waals surface area contributed by atoms with Crippen LogP contribution in [-0.2, 0) is 17.8 Å². The fourth-order valence-corrected chi connectivity index (χ4v) is 3.53. The highest BCUT2D eigenvalue weighted by molar-refractivity contribution is 6.30. The molecule has 0 unspecified atom stereocenters. The Morgan fingerprint density at radius 2 is 2.12 bits per heavy atom. The number of likely N-dealkylation sites (tertiary alicyclic amines) is 1. The number of aromatic nitrogens is 3. The van der Waals surface area contributed by atoms with Gasteiger partial charge in [-0.3, -0.25) is 4.79 Å². The van der Waals surface area contributed by atoms with Gasteiger partial charge in [-0.05, 0) is 38.5 Å². The van der Waals surface area contributed by atoms with Gasteiger partial charge in [0, 0.05) is 37.0 Å². The number of aryl methyl sites for hydroxylation is 1. The van der Waals surface area contributed by atoms with Crippen molar-refractivity contribution >= 4 is 17.5 Å². The Morgan fingerprint density at radius 1 is 1.38 bits per heavy atom. The van der Waals surface area contributed by atoms with E-state index in [9.17, 15) is 4.79 Å². The van der Waals surface area contributed by atoms with Crippen LogP contribution >= 0.6 is 11.6 Å². The van der Waals surface area contributed by atoms with E-state index < -0.39 is 0 Å². The van der Waals surface area contributed by atoms with E-state index in [1.807, 2.05) is 40.9 Å². The van der Waals surface area contributed by atoms with Gasteiger partial charge in [0.25, 0.3) is 0 Å². The van der Waals surface area contributed by atoms with Crippen molar-refractivity contribution < 1.29 is 4.79 Å². The number of nitrogens with zero attached hydrogens (tertiary/aromatic N) is 4. The van der Waals surface area contributed by atoms with Crippen molar-refractivity contribution in [2.75, 3.05) is 7.05 Å². The molecule has 0 saturated carbocycles. The van der Waals surface area contributed by atoms with Crippen LogP contribution in [0.25, 0.3) is 0 Å². The number of carbonyl (C=O) groups is 1. The summed E-state index contributed by atoms with van der Waals surface area (Å²) < 4.78 is 1.93. The molecule has 6 heteroatoms. The second kappa shape index (κ2) is 6.20. The van der Waals surface area contributed by atoms with Crippen molar-refractivity contribution in [3.05, 3.63) is 46.5 Å². The fraction of sp³-hybridized carbons (Fsp3) is 0.500. The second-order valence-corrected chi connectivity index (χ2v) is 7.31. The molecule has 1 amide bonds. The van der Waals surface area contributed by atoms with Gasteiger partial charge in [0.1, 0.15) is 5.82 Å². The minimum atomic E-state index is -0.260. The lowest BCUT2D eigenvalue weighted by Crippen LogP contribution is -2.41. The van der Waals surface area contributed by atoms with E-state index in [1.165, 1.54) is 0 Å². The summed E-state index contributed by atoms with van der Waals surface area (Å²) in [6, 6.07) is 7.75. The lowest BCUT2D eigenvalue weighted by molar-refractivity contribution is -0.128. The van der Waals surface area contributed by atoms with Crippen LogP contribution in [0.1, 0.15) is 50.3 Å². The average Bonchev–Trinajstić information content (AvgIpc) is 3.01. The van der Waals surface area contributed by atoms with E-state index in [1.54, 1.807) is 0 Å². The molecule has 1 aliphatic heterocycles. The van der Waals surface area contributed by atoms with Crippen molar-refractivity contribution in [1.29, 1.82) is 0 Å². The summed E-state index contributed by atoms with van der Waals surface area (Å²) in [5.41, 5.74) is 0.825. The molecule has 2 heterocycles. The first kappa shape index (κ1) is 17.0. The number of likely N-dealkylation sites (N-methyl/N-ethyl adjacent to an activating group) is 1. The number of hydrogen-bond donors (Lipinski definition) is 0. The van der Waals surface area contributed by atoms with E-state index in [2.05, 4.69) is 25.9 Å². The predicted octanol–water partition coefficient (Wildman–Crippen LogP) is 3.27. The standard InChI is InChI=1S/C18H23ClN4O/c1-5-23-17(14-11-16(24)22(4)18(14,2)3)20-15(21-23)10-12-7-6-8-13(19)9-12/h6-9,14H,5,10-11H2,1-4H3/t14-/m1/s1. The Bertz CT molecular complexity index is 768. The predicted molar refractivity (Wildman–Crippen MR) is 94.2 cm³/mol. The van der Waals surface area contributed by atoms with Gasteiger partial charge in [-0.1, -0.05) is 23.7 Å². The van der Waals surface area contributed by atoms with Crippen LogP contribution < -0.4 is 0 Å². The second-order valence-electron chi connectivity index (χ2n) is 6.87. The molecular formula is C18H23ClN4O. The van der Waals surface area contributed by atoms with E-state index >= 15 is 0 Å². The van der Waals surface area contributed by atoms with Crippen LogP contribution in [0, 0.1) is 0 Å². The smallest absolute Gasteiger partial charge is 0.223 e. The fourth-order valence-electron chi connectivity index (χ4n) is 3.32. The molecule has 1 saturated heterocycles. The number of hydrogen-bond acceptors (Lipinski definition) is 3. The molecular weight excluding hydrogens is 324 g/mol. The minimum Gasteiger partial charge on any atom is -0.340 e. The molecule has 0 spiro atoms. The maximum atomic E-state index is 12.2. The van der Waals surface area contributed by atoms with E-state index in [0.717, 1.165) is 23.8 Å². The van der Waals surface area contributed by atoms with E-state index in [4.69, 9.17) is 16.6 Å². The highest BCUT2D eigenvalue weighted by Crippen LogP contribution is 2.40. The molecule has 1 aliphatic rings. The molecule has 5 nitrogen and oxygen atoms in total. The molecule has 1 fully saturated rings. The largest absolute Gasteiger partial charge is 0.340 e. The maximum Gasteiger partial charge on any atom is 0.223 e.